The second kappa shape index (κ2) is 8.38. The fourth-order valence-corrected chi connectivity index (χ4v) is 3.31. The van der Waals surface area contributed by atoms with Gasteiger partial charge in [-0.3, -0.25) is 9.59 Å². The van der Waals surface area contributed by atoms with Crippen molar-refractivity contribution in [1.82, 2.24) is 4.98 Å². The van der Waals surface area contributed by atoms with Gasteiger partial charge < -0.3 is 10.4 Å². The van der Waals surface area contributed by atoms with Crippen LogP contribution in [0.5, 0.6) is 0 Å². The first-order valence-corrected chi connectivity index (χ1v) is 9.65. The molecule has 0 unspecified atom stereocenters. The number of carboxylic acid groups (broad SMARTS) is 1. The van der Waals surface area contributed by atoms with E-state index in [2.05, 4.69) is 10.3 Å². The zero-order valence-corrected chi connectivity index (χ0v) is 16.8. The number of hydrogen-bond donors (Lipinski definition) is 2. The van der Waals surface area contributed by atoms with Gasteiger partial charge in [-0.15, -0.1) is 0 Å². The molecule has 3 aromatic carbocycles. The highest BCUT2D eigenvalue weighted by molar-refractivity contribution is 6.31. The number of halogens is 1. The third-order valence-corrected chi connectivity index (χ3v) is 4.91. The molecule has 0 radical (unpaired) electrons. The van der Waals surface area contributed by atoms with E-state index in [1.165, 1.54) is 30.3 Å². The number of nitrogens with zero attached hydrogens (tertiary/aromatic N) is 1. The number of aromatic carboxylic acids is 1. The summed E-state index contributed by atoms with van der Waals surface area (Å²) >= 11 is 5.85. The zero-order valence-electron chi connectivity index (χ0n) is 16.0. The molecule has 152 valence electrons. The van der Waals surface area contributed by atoms with Crippen LogP contribution in [-0.4, -0.2) is 27.8 Å². The van der Waals surface area contributed by atoms with Gasteiger partial charge in [0, 0.05) is 21.5 Å². The van der Waals surface area contributed by atoms with E-state index in [9.17, 15) is 19.5 Å². The Morgan fingerprint density at radius 3 is 2.42 bits per heavy atom. The number of nitrogens with one attached hydrogen (secondary N) is 1. The second-order valence-corrected chi connectivity index (χ2v) is 7.18. The summed E-state index contributed by atoms with van der Waals surface area (Å²) in [7, 11) is 0. The van der Waals surface area contributed by atoms with Gasteiger partial charge in [0.2, 0.25) is 5.78 Å². The van der Waals surface area contributed by atoms with Gasteiger partial charge in [-0.1, -0.05) is 48.0 Å². The molecule has 0 fully saturated rings. The first kappa shape index (κ1) is 20.3. The van der Waals surface area contributed by atoms with Crippen molar-refractivity contribution >= 4 is 45.9 Å². The van der Waals surface area contributed by atoms with Crippen LogP contribution in [0.4, 0.5) is 5.69 Å². The number of rotatable bonds is 5. The summed E-state index contributed by atoms with van der Waals surface area (Å²) < 4.78 is 0. The highest BCUT2D eigenvalue weighted by Gasteiger charge is 2.17. The van der Waals surface area contributed by atoms with Gasteiger partial charge in [0.15, 0.2) is 0 Å². The molecule has 0 aliphatic rings. The minimum absolute atomic E-state index is 0.106. The Kier molecular flexibility index (Phi) is 5.47. The average Bonchev–Trinajstić information content (AvgIpc) is 2.79. The van der Waals surface area contributed by atoms with Crippen molar-refractivity contribution in [2.75, 3.05) is 5.32 Å². The van der Waals surface area contributed by atoms with E-state index in [1.807, 2.05) is 30.3 Å². The smallest absolute Gasteiger partial charge is 0.337 e. The molecule has 1 heterocycles. The average molecular weight is 431 g/mol. The largest absolute Gasteiger partial charge is 0.478 e. The number of amides is 1. The van der Waals surface area contributed by atoms with Gasteiger partial charge in [0.1, 0.15) is 5.69 Å². The van der Waals surface area contributed by atoms with Gasteiger partial charge in [0.05, 0.1) is 16.8 Å². The number of ketones is 1. The molecular weight excluding hydrogens is 416 g/mol. The van der Waals surface area contributed by atoms with E-state index < -0.39 is 11.9 Å². The van der Waals surface area contributed by atoms with Crippen LogP contribution in [0.25, 0.3) is 10.9 Å². The molecular formula is C24H15ClN2O4. The molecule has 2 N–H and O–H groups in total. The molecule has 0 saturated heterocycles. The molecule has 0 spiro atoms. The SMILES string of the molecule is O=C(Nc1ccc(Cl)cc1C(=O)O)c1cccc(C(=O)c2ccc3ccccc3n2)c1. The number of benzene rings is 3. The minimum Gasteiger partial charge on any atom is -0.478 e. The fraction of sp³-hybridized carbons (Fsp3) is 0. The maximum atomic E-state index is 12.9. The monoisotopic (exact) mass is 430 g/mol. The van der Waals surface area contributed by atoms with E-state index in [-0.39, 0.29) is 33.3 Å². The molecule has 31 heavy (non-hydrogen) atoms. The molecule has 1 aromatic heterocycles. The van der Waals surface area contributed by atoms with Crippen molar-refractivity contribution in [1.29, 1.82) is 0 Å². The number of hydrogen-bond acceptors (Lipinski definition) is 4. The van der Waals surface area contributed by atoms with Crippen molar-refractivity contribution in [2.24, 2.45) is 0 Å². The number of fused-ring (bicyclic) bond motifs is 1. The summed E-state index contributed by atoms with van der Waals surface area (Å²) in [6, 6.07) is 21.2. The normalized spacial score (nSPS) is 10.6. The zero-order chi connectivity index (χ0) is 22.0. The van der Waals surface area contributed by atoms with Crippen LogP contribution in [0.3, 0.4) is 0 Å². The lowest BCUT2D eigenvalue weighted by Gasteiger charge is -2.10. The van der Waals surface area contributed by atoms with Crippen molar-refractivity contribution in [3.63, 3.8) is 0 Å². The van der Waals surface area contributed by atoms with Crippen LogP contribution in [-0.2, 0) is 0 Å². The maximum absolute atomic E-state index is 12.9. The number of para-hydroxylation sites is 1. The summed E-state index contributed by atoms with van der Waals surface area (Å²) in [6.07, 6.45) is 0. The third kappa shape index (κ3) is 4.29. The van der Waals surface area contributed by atoms with Gasteiger partial charge in [-0.2, -0.15) is 0 Å². The Balaban J connectivity index is 1.61. The molecule has 0 saturated carbocycles. The highest BCUT2D eigenvalue weighted by atomic mass is 35.5. The van der Waals surface area contributed by atoms with Gasteiger partial charge in [-0.25, -0.2) is 9.78 Å². The molecule has 4 aromatic rings. The lowest BCUT2D eigenvalue weighted by Crippen LogP contribution is -2.15. The van der Waals surface area contributed by atoms with Crippen molar-refractivity contribution in [3.8, 4) is 0 Å². The Morgan fingerprint density at radius 2 is 1.61 bits per heavy atom. The summed E-state index contributed by atoms with van der Waals surface area (Å²) in [5, 5.41) is 13.1. The van der Waals surface area contributed by atoms with Crippen molar-refractivity contribution < 1.29 is 19.5 Å². The van der Waals surface area contributed by atoms with Crippen LogP contribution in [0.15, 0.2) is 78.9 Å². The molecule has 6 nitrogen and oxygen atoms in total. The van der Waals surface area contributed by atoms with Crippen LogP contribution >= 0.6 is 11.6 Å². The van der Waals surface area contributed by atoms with Crippen molar-refractivity contribution in [2.45, 2.75) is 0 Å². The molecule has 4 rings (SSSR count). The number of anilines is 1. The van der Waals surface area contributed by atoms with Crippen LogP contribution in [0.1, 0.15) is 36.8 Å². The van der Waals surface area contributed by atoms with Crippen LogP contribution in [0, 0.1) is 0 Å². The summed E-state index contributed by atoms with van der Waals surface area (Å²) in [5.74, 6) is -2.09. The van der Waals surface area contributed by atoms with E-state index >= 15 is 0 Å². The first-order chi connectivity index (χ1) is 14.9. The van der Waals surface area contributed by atoms with Gasteiger partial charge in [-0.05, 0) is 42.5 Å². The fourth-order valence-electron chi connectivity index (χ4n) is 3.14. The Morgan fingerprint density at radius 1 is 0.839 bits per heavy atom. The van der Waals surface area contributed by atoms with E-state index in [4.69, 9.17) is 11.6 Å². The summed E-state index contributed by atoms with van der Waals surface area (Å²) in [6.45, 7) is 0. The number of carbonyl (C=O) groups is 3. The number of pyridine rings is 1. The van der Waals surface area contributed by atoms with E-state index in [0.717, 1.165) is 5.39 Å². The second-order valence-electron chi connectivity index (χ2n) is 6.75. The molecule has 0 atom stereocenters. The molecule has 7 heteroatoms. The summed E-state index contributed by atoms with van der Waals surface area (Å²) in [4.78, 5) is 41.4. The highest BCUT2D eigenvalue weighted by Crippen LogP contribution is 2.22. The van der Waals surface area contributed by atoms with E-state index in [0.29, 0.717) is 11.1 Å². The summed E-state index contributed by atoms with van der Waals surface area (Å²) in [5.41, 5.74) is 1.44. The standard InChI is InChI=1S/C24H15ClN2O4/c25-17-9-11-20(18(13-17)24(30)31)27-23(29)16-6-3-5-15(12-16)22(28)21-10-8-14-4-1-2-7-19(14)26-21/h1-13H,(H,27,29)(H,30,31). The van der Waals surface area contributed by atoms with Crippen molar-refractivity contribution in [3.05, 3.63) is 106 Å². The lowest BCUT2D eigenvalue weighted by molar-refractivity contribution is 0.0698. The number of carbonyl (C=O) groups excluding carboxylic acids is 2. The van der Waals surface area contributed by atoms with Crippen LogP contribution < -0.4 is 5.32 Å². The molecule has 1 amide bonds. The third-order valence-electron chi connectivity index (χ3n) is 4.68. The van der Waals surface area contributed by atoms with Gasteiger partial charge >= 0.3 is 5.97 Å². The molecule has 0 bridgehead atoms. The molecule has 0 aliphatic carbocycles. The molecule has 0 aliphatic heterocycles. The quantitative estimate of drug-likeness (QED) is 0.431. The predicted molar refractivity (Wildman–Crippen MR) is 118 cm³/mol. The topological polar surface area (TPSA) is 96.4 Å². The first-order valence-electron chi connectivity index (χ1n) is 9.27. The van der Waals surface area contributed by atoms with Gasteiger partial charge in [0.25, 0.3) is 5.91 Å². The Labute approximate surface area is 182 Å². The lowest BCUT2D eigenvalue weighted by atomic mass is 10.0. The Bertz CT molecular complexity index is 1350. The van der Waals surface area contributed by atoms with E-state index in [1.54, 1.807) is 18.2 Å². The minimum atomic E-state index is -1.22. The predicted octanol–water partition coefficient (Wildman–Crippen LogP) is 5.07. The number of aromatic nitrogens is 1. The number of carboxylic acids is 1. The Hall–Kier alpha value is -4.03. The van der Waals surface area contributed by atoms with Crippen LogP contribution in [0.2, 0.25) is 5.02 Å². The maximum Gasteiger partial charge on any atom is 0.337 e.